The Bertz CT molecular complexity index is 431. The molecular weight excluding hydrogens is 252 g/mol. The van der Waals surface area contributed by atoms with E-state index in [1.807, 2.05) is 0 Å². The highest BCUT2D eigenvalue weighted by molar-refractivity contribution is 7.13. The summed E-state index contributed by atoms with van der Waals surface area (Å²) in [4.78, 5) is 18.0. The molecule has 1 aromatic rings. The Balaban J connectivity index is 2.11. The van der Waals surface area contributed by atoms with Crippen LogP contribution in [-0.2, 0) is 4.74 Å². The van der Waals surface area contributed by atoms with E-state index in [9.17, 15) is 4.79 Å². The summed E-state index contributed by atoms with van der Waals surface area (Å²) in [7, 11) is 0. The molecule has 2 heterocycles. The second kappa shape index (κ2) is 5.77. The standard InChI is InChI=1S/C12H18N2O3S/c1-3-4-14-5-6-17-9(7-14)11-13-8(2)10(18-11)12(15)16/h9H,3-7H2,1-2H3,(H,15,16). The lowest BCUT2D eigenvalue weighted by molar-refractivity contribution is -0.0299. The molecule has 100 valence electrons. The predicted molar refractivity (Wildman–Crippen MR) is 69.2 cm³/mol. The number of nitrogens with zero attached hydrogens (tertiary/aromatic N) is 2. The summed E-state index contributed by atoms with van der Waals surface area (Å²) in [6.45, 7) is 7.37. The van der Waals surface area contributed by atoms with Crippen LogP contribution in [0.15, 0.2) is 0 Å². The molecule has 1 aliphatic heterocycles. The van der Waals surface area contributed by atoms with Crippen molar-refractivity contribution in [2.45, 2.75) is 26.4 Å². The number of aromatic nitrogens is 1. The molecule has 1 aromatic heterocycles. The maximum Gasteiger partial charge on any atom is 0.347 e. The molecule has 18 heavy (non-hydrogen) atoms. The first-order chi connectivity index (χ1) is 8.61. The van der Waals surface area contributed by atoms with Crippen LogP contribution in [0.5, 0.6) is 0 Å². The van der Waals surface area contributed by atoms with Crippen molar-refractivity contribution in [2.75, 3.05) is 26.2 Å². The van der Waals surface area contributed by atoms with Crippen molar-refractivity contribution in [3.05, 3.63) is 15.6 Å². The first-order valence-electron chi connectivity index (χ1n) is 6.16. The number of aryl methyl sites for hydroxylation is 1. The lowest BCUT2D eigenvalue weighted by atomic mass is 10.2. The Morgan fingerprint density at radius 1 is 1.67 bits per heavy atom. The van der Waals surface area contributed by atoms with E-state index in [1.165, 1.54) is 11.3 Å². The van der Waals surface area contributed by atoms with E-state index >= 15 is 0 Å². The van der Waals surface area contributed by atoms with E-state index in [4.69, 9.17) is 9.84 Å². The van der Waals surface area contributed by atoms with Gasteiger partial charge in [0, 0.05) is 13.1 Å². The highest BCUT2D eigenvalue weighted by Crippen LogP contribution is 2.28. The number of carboxylic acid groups (broad SMARTS) is 1. The van der Waals surface area contributed by atoms with Crippen LogP contribution in [0.4, 0.5) is 0 Å². The summed E-state index contributed by atoms with van der Waals surface area (Å²) >= 11 is 1.23. The maximum atomic E-state index is 11.0. The molecule has 6 heteroatoms. The van der Waals surface area contributed by atoms with Gasteiger partial charge in [-0.05, 0) is 19.9 Å². The lowest BCUT2D eigenvalue weighted by Gasteiger charge is -2.31. The van der Waals surface area contributed by atoms with E-state index in [1.54, 1.807) is 6.92 Å². The number of hydrogen-bond donors (Lipinski definition) is 1. The molecule has 0 saturated carbocycles. The van der Waals surface area contributed by atoms with Gasteiger partial charge in [-0.3, -0.25) is 4.90 Å². The monoisotopic (exact) mass is 270 g/mol. The van der Waals surface area contributed by atoms with E-state index in [2.05, 4.69) is 16.8 Å². The molecule has 0 bridgehead atoms. The number of thiazole rings is 1. The minimum atomic E-state index is -0.905. The number of carbonyl (C=O) groups is 1. The van der Waals surface area contributed by atoms with Crippen molar-refractivity contribution >= 4 is 17.3 Å². The zero-order valence-electron chi connectivity index (χ0n) is 10.7. The Labute approximate surface area is 110 Å². The molecule has 0 aliphatic carbocycles. The Morgan fingerprint density at radius 3 is 3.06 bits per heavy atom. The fourth-order valence-corrected chi connectivity index (χ4v) is 3.07. The first-order valence-corrected chi connectivity index (χ1v) is 6.98. The van der Waals surface area contributed by atoms with Gasteiger partial charge in [0.2, 0.25) is 0 Å². The van der Waals surface area contributed by atoms with Gasteiger partial charge in [-0.1, -0.05) is 6.92 Å². The zero-order valence-corrected chi connectivity index (χ0v) is 11.5. The zero-order chi connectivity index (χ0) is 13.1. The Kier molecular flexibility index (Phi) is 4.31. The van der Waals surface area contributed by atoms with Crippen molar-refractivity contribution in [2.24, 2.45) is 0 Å². The smallest absolute Gasteiger partial charge is 0.347 e. The SMILES string of the molecule is CCCN1CCOC(c2nc(C)c(C(=O)O)s2)C1. The van der Waals surface area contributed by atoms with Crippen LogP contribution in [0.1, 0.15) is 39.8 Å². The van der Waals surface area contributed by atoms with Gasteiger partial charge < -0.3 is 9.84 Å². The third-order valence-electron chi connectivity index (χ3n) is 2.97. The largest absolute Gasteiger partial charge is 0.477 e. The summed E-state index contributed by atoms with van der Waals surface area (Å²) in [5.41, 5.74) is 0.582. The van der Waals surface area contributed by atoms with Gasteiger partial charge in [-0.25, -0.2) is 9.78 Å². The average Bonchev–Trinajstić information content (AvgIpc) is 2.72. The highest BCUT2D eigenvalue weighted by atomic mass is 32.1. The van der Waals surface area contributed by atoms with Crippen LogP contribution < -0.4 is 0 Å². The Morgan fingerprint density at radius 2 is 2.44 bits per heavy atom. The number of hydrogen-bond acceptors (Lipinski definition) is 5. The Hall–Kier alpha value is -0.980. The molecule has 1 saturated heterocycles. The number of aromatic carboxylic acids is 1. The summed E-state index contributed by atoms with van der Waals surface area (Å²) in [6, 6.07) is 0. The summed E-state index contributed by atoms with van der Waals surface area (Å²) in [5.74, 6) is -0.905. The highest BCUT2D eigenvalue weighted by Gasteiger charge is 2.26. The van der Waals surface area contributed by atoms with Gasteiger partial charge in [0.05, 0.1) is 12.3 Å². The molecule has 1 fully saturated rings. The molecule has 1 unspecified atom stereocenters. The maximum absolute atomic E-state index is 11.0. The number of morpholine rings is 1. The van der Waals surface area contributed by atoms with E-state index in [0.29, 0.717) is 17.2 Å². The molecule has 1 atom stereocenters. The molecular formula is C12H18N2O3S. The van der Waals surface area contributed by atoms with Crippen molar-refractivity contribution in [1.82, 2.24) is 9.88 Å². The predicted octanol–water partition coefficient (Wildman–Crippen LogP) is 1.93. The van der Waals surface area contributed by atoms with Gasteiger partial charge in [0.25, 0.3) is 0 Å². The van der Waals surface area contributed by atoms with Crippen LogP contribution >= 0.6 is 11.3 Å². The summed E-state index contributed by atoms with van der Waals surface area (Å²) < 4.78 is 5.70. The van der Waals surface area contributed by atoms with Gasteiger partial charge in [0.1, 0.15) is 16.0 Å². The molecule has 1 N–H and O–H groups in total. The topological polar surface area (TPSA) is 62.7 Å². The van der Waals surface area contributed by atoms with Crippen LogP contribution in [0.25, 0.3) is 0 Å². The quantitative estimate of drug-likeness (QED) is 0.905. The lowest BCUT2D eigenvalue weighted by Crippen LogP contribution is -2.38. The van der Waals surface area contributed by atoms with E-state index in [0.717, 1.165) is 31.1 Å². The molecule has 1 aliphatic rings. The fraction of sp³-hybridized carbons (Fsp3) is 0.667. The second-order valence-electron chi connectivity index (χ2n) is 4.43. The summed E-state index contributed by atoms with van der Waals surface area (Å²) in [5, 5.41) is 9.82. The molecule has 0 aromatic carbocycles. The van der Waals surface area contributed by atoms with Crippen molar-refractivity contribution in [3.63, 3.8) is 0 Å². The van der Waals surface area contributed by atoms with Crippen LogP contribution in [0.3, 0.4) is 0 Å². The molecule has 2 rings (SSSR count). The third-order valence-corrected chi connectivity index (χ3v) is 4.21. The number of rotatable bonds is 4. The van der Waals surface area contributed by atoms with Crippen LogP contribution in [0.2, 0.25) is 0 Å². The number of ether oxygens (including phenoxy) is 1. The van der Waals surface area contributed by atoms with Crippen LogP contribution in [-0.4, -0.2) is 47.2 Å². The summed E-state index contributed by atoms with van der Waals surface area (Å²) in [6.07, 6.45) is 1.03. The minimum absolute atomic E-state index is 0.0814. The fourth-order valence-electron chi connectivity index (χ4n) is 2.12. The van der Waals surface area contributed by atoms with Crippen LogP contribution in [0, 0.1) is 6.92 Å². The normalized spacial score (nSPS) is 21.1. The van der Waals surface area contributed by atoms with Crippen molar-refractivity contribution < 1.29 is 14.6 Å². The number of carboxylic acids is 1. The second-order valence-corrected chi connectivity index (χ2v) is 5.46. The molecule has 0 amide bonds. The molecule has 5 nitrogen and oxygen atoms in total. The van der Waals surface area contributed by atoms with Crippen molar-refractivity contribution in [3.8, 4) is 0 Å². The van der Waals surface area contributed by atoms with Gasteiger partial charge >= 0.3 is 5.97 Å². The van der Waals surface area contributed by atoms with Crippen molar-refractivity contribution in [1.29, 1.82) is 0 Å². The molecule has 0 spiro atoms. The molecule has 0 radical (unpaired) electrons. The van der Waals surface area contributed by atoms with E-state index in [-0.39, 0.29) is 6.10 Å². The van der Waals surface area contributed by atoms with E-state index < -0.39 is 5.97 Å². The minimum Gasteiger partial charge on any atom is -0.477 e. The average molecular weight is 270 g/mol. The first kappa shape index (κ1) is 13.5. The third kappa shape index (κ3) is 2.88. The van der Waals surface area contributed by atoms with Gasteiger partial charge in [0.15, 0.2) is 0 Å². The van der Waals surface area contributed by atoms with Gasteiger partial charge in [-0.15, -0.1) is 11.3 Å². The van der Waals surface area contributed by atoms with Gasteiger partial charge in [-0.2, -0.15) is 0 Å².